The van der Waals surface area contributed by atoms with Gasteiger partial charge in [-0.1, -0.05) is 23.7 Å². The molecule has 11 heteroatoms. The topological polar surface area (TPSA) is 105 Å². The Morgan fingerprint density at radius 2 is 1.82 bits per heavy atom. The van der Waals surface area contributed by atoms with Crippen molar-refractivity contribution < 1.29 is 13.2 Å². The number of piperidine rings is 1. The molecule has 3 aromatic rings. The number of hydrogen-bond donors (Lipinski definition) is 3. The van der Waals surface area contributed by atoms with Crippen molar-refractivity contribution in [3.05, 3.63) is 58.7 Å². The number of nitrogens with zero attached hydrogens (tertiary/aromatic N) is 2. The fourth-order valence-corrected chi connectivity index (χ4v) is 5.92. The molecule has 1 fully saturated rings. The molecule has 1 aromatic heterocycles. The minimum atomic E-state index is -3.54. The van der Waals surface area contributed by atoms with E-state index >= 15 is 0 Å². The fraction of sp³-hybridized carbons (Fsp3) is 0.429. The van der Waals surface area contributed by atoms with E-state index in [-0.39, 0.29) is 21.7 Å². The molecule has 39 heavy (non-hydrogen) atoms. The molecule has 0 unspecified atom stereocenters. The number of halogens is 1. The average molecular weight is 568 g/mol. The fourth-order valence-electron chi connectivity index (χ4n) is 4.58. The first-order chi connectivity index (χ1) is 18.3. The van der Waals surface area contributed by atoms with Crippen LogP contribution < -0.4 is 20.7 Å². The number of para-hydroxylation sites is 1. The molecule has 0 atom stereocenters. The molecule has 2 aromatic carbocycles. The first-order valence-electron chi connectivity index (χ1n) is 13.1. The lowest BCUT2D eigenvalue weighted by Gasteiger charge is -2.28. The largest absolute Gasteiger partial charge is 0.496 e. The third kappa shape index (κ3) is 7.04. The highest BCUT2D eigenvalue weighted by atomic mass is 35.5. The van der Waals surface area contributed by atoms with Crippen LogP contribution in [0.4, 0.5) is 23.1 Å². The van der Waals surface area contributed by atoms with Gasteiger partial charge in [0.25, 0.3) is 0 Å². The van der Waals surface area contributed by atoms with Gasteiger partial charge in [-0.15, -0.1) is 0 Å². The third-order valence-electron chi connectivity index (χ3n) is 6.58. The highest BCUT2D eigenvalue weighted by Crippen LogP contribution is 2.38. The van der Waals surface area contributed by atoms with E-state index < -0.39 is 20.6 Å². The Morgan fingerprint density at radius 3 is 2.49 bits per heavy atom. The zero-order chi connectivity index (χ0) is 28.4. The predicted octanol–water partition coefficient (Wildman–Crippen LogP) is 5.86. The van der Waals surface area contributed by atoms with Gasteiger partial charge < -0.3 is 20.7 Å². The number of ether oxygens (including phenoxy) is 1. The quantitative estimate of drug-likeness (QED) is 0.276. The highest BCUT2D eigenvalue weighted by molar-refractivity contribution is 7.92. The second kappa shape index (κ2) is 11.7. The van der Waals surface area contributed by atoms with Crippen LogP contribution in [0.25, 0.3) is 0 Å². The Labute approximate surface area is 237 Å². The van der Waals surface area contributed by atoms with Crippen LogP contribution in [0, 0.1) is 6.92 Å². The summed E-state index contributed by atoms with van der Waals surface area (Å²) >= 11 is 6.42. The summed E-state index contributed by atoms with van der Waals surface area (Å²) in [5.41, 5.74) is 2.51. The minimum absolute atomic E-state index is 0.175. The van der Waals surface area contributed by atoms with Crippen LogP contribution in [0.15, 0.2) is 47.5 Å². The lowest BCUT2D eigenvalue weighted by molar-refractivity contribution is 0.199. The van der Waals surface area contributed by atoms with Crippen LogP contribution in [0.2, 0.25) is 5.02 Å². The molecular weight excluding hydrogens is 533 g/mol. The molecule has 1 aliphatic rings. The molecule has 0 amide bonds. The first-order valence-corrected chi connectivity index (χ1v) is 15.0. The summed E-state index contributed by atoms with van der Waals surface area (Å²) in [4.78, 5) is 9.08. The maximum Gasteiger partial charge on any atom is 0.229 e. The van der Waals surface area contributed by atoms with Gasteiger partial charge >= 0.3 is 0 Å². The summed E-state index contributed by atoms with van der Waals surface area (Å²) < 4.78 is 32.0. The van der Waals surface area contributed by atoms with E-state index in [0.717, 1.165) is 31.5 Å². The molecule has 3 N–H and O–H groups in total. The third-order valence-corrected chi connectivity index (χ3v) is 9.06. The van der Waals surface area contributed by atoms with Crippen molar-refractivity contribution in [2.75, 3.05) is 23.7 Å². The van der Waals surface area contributed by atoms with Crippen LogP contribution >= 0.6 is 11.6 Å². The smallest absolute Gasteiger partial charge is 0.229 e. The van der Waals surface area contributed by atoms with Gasteiger partial charge in [-0.2, -0.15) is 4.98 Å². The van der Waals surface area contributed by atoms with E-state index in [4.69, 9.17) is 24.2 Å². The van der Waals surface area contributed by atoms with Crippen LogP contribution in [0.5, 0.6) is 5.75 Å². The predicted molar refractivity (Wildman–Crippen MR) is 159 cm³/mol. The molecule has 0 aliphatic carbocycles. The van der Waals surface area contributed by atoms with Crippen LogP contribution in [-0.4, -0.2) is 50.1 Å². The molecule has 4 rings (SSSR count). The second-order valence-corrected chi connectivity index (χ2v) is 13.5. The molecule has 0 bridgehead atoms. The van der Waals surface area contributed by atoms with E-state index in [1.807, 2.05) is 6.07 Å². The summed E-state index contributed by atoms with van der Waals surface area (Å²) in [5, 5.41) is 9.41. The van der Waals surface area contributed by atoms with Gasteiger partial charge in [0.15, 0.2) is 15.7 Å². The van der Waals surface area contributed by atoms with Gasteiger partial charge in [0.2, 0.25) is 5.95 Å². The Kier molecular flexibility index (Phi) is 8.78. The van der Waals surface area contributed by atoms with Crippen molar-refractivity contribution >= 4 is 52.4 Å². The van der Waals surface area contributed by atoms with Crippen molar-refractivity contribution in [1.82, 2.24) is 15.3 Å². The van der Waals surface area contributed by atoms with Crippen molar-refractivity contribution in [3.63, 3.8) is 0 Å². The van der Waals surface area contributed by atoms with Crippen LogP contribution in [0.1, 0.15) is 57.6 Å². The van der Waals surface area contributed by atoms with Gasteiger partial charge in [0.1, 0.15) is 18.6 Å². The second-order valence-electron chi connectivity index (χ2n) is 10.7. The maximum absolute atomic E-state index is 12.9. The molecule has 2 heterocycles. The van der Waals surface area contributed by atoms with Crippen molar-refractivity contribution in [2.24, 2.45) is 0 Å². The lowest BCUT2D eigenvalue weighted by atomic mass is 9.85. The number of anilines is 4. The molecule has 0 spiro atoms. The molecule has 1 saturated heterocycles. The van der Waals surface area contributed by atoms with Crippen molar-refractivity contribution in [3.8, 4) is 5.75 Å². The van der Waals surface area contributed by atoms with Gasteiger partial charge in [-0.3, -0.25) is 0 Å². The molecule has 8 nitrogen and oxygen atoms in total. The number of aromatic nitrogens is 2. The summed E-state index contributed by atoms with van der Waals surface area (Å²) in [5.74, 6) is 1.57. The summed E-state index contributed by atoms with van der Waals surface area (Å²) in [6.45, 7) is 10.9. The van der Waals surface area contributed by atoms with Gasteiger partial charge in [0.05, 0.1) is 33.2 Å². The Morgan fingerprint density at radius 1 is 1.13 bits per heavy atom. The normalized spacial score (nSPS) is 14.8. The van der Waals surface area contributed by atoms with Crippen molar-refractivity contribution in [1.29, 1.82) is 0 Å². The van der Waals surface area contributed by atoms with Gasteiger partial charge in [-0.25, -0.2) is 13.4 Å². The first kappa shape index (κ1) is 29.2. The highest BCUT2D eigenvalue weighted by Gasteiger charge is 2.24. The number of sulfone groups is 1. The van der Waals surface area contributed by atoms with Crippen LogP contribution in [0.3, 0.4) is 0 Å². The van der Waals surface area contributed by atoms with E-state index in [1.165, 1.54) is 11.8 Å². The van der Waals surface area contributed by atoms with Crippen LogP contribution in [-0.2, 0) is 9.84 Å². The van der Waals surface area contributed by atoms with E-state index in [1.54, 1.807) is 52.0 Å². The van der Waals surface area contributed by atoms with Gasteiger partial charge in [-0.05, 0) is 102 Å². The van der Waals surface area contributed by atoms with E-state index in [2.05, 4.69) is 38.9 Å². The zero-order valence-corrected chi connectivity index (χ0v) is 24.6. The Balaban J connectivity index is 1.68. The van der Waals surface area contributed by atoms with E-state index in [0.29, 0.717) is 23.0 Å². The molecule has 2 radical (unpaired) electrons. The lowest BCUT2D eigenvalue weighted by Crippen LogP contribution is -2.29. The van der Waals surface area contributed by atoms with Gasteiger partial charge in [0, 0.05) is 0 Å². The number of hydrogen-bond acceptors (Lipinski definition) is 8. The average Bonchev–Trinajstić information content (AvgIpc) is 2.87. The Bertz CT molecular complexity index is 1440. The summed E-state index contributed by atoms with van der Waals surface area (Å²) in [7, 11) is 2.69. The molecule has 206 valence electrons. The Hall–Kier alpha value is -2.82. The summed E-state index contributed by atoms with van der Waals surface area (Å²) in [6.07, 6.45) is 3.58. The van der Waals surface area contributed by atoms with Crippen molar-refractivity contribution in [2.45, 2.75) is 69.0 Å². The van der Waals surface area contributed by atoms with E-state index in [9.17, 15) is 8.42 Å². The molecule has 1 aliphatic heterocycles. The zero-order valence-electron chi connectivity index (χ0n) is 23.0. The maximum atomic E-state index is 12.9. The SMILES string of the molecule is [B]C(C)(C)Oc1cc(C2CCNCC2)c(C)cc1Nc1ncc(Cl)c(Nc2ccccc2S(=O)(=O)C(C)C)n1. The summed E-state index contributed by atoms with van der Waals surface area (Å²) in [6, 6.07) is 10.8. The minimum Gasteiger partial charge on any atom is -0.496 e. The number of benzene rings is 2. The molecule has 0 saturated carbocycles. The number of aryl methyl sites for hydroxylation is 1. The molecular formula is C28H35BClN5O3S. The monoisotopic (exact) mass is 567 g/mol. The number of rotatable bonds is 9. The number of nitrogens with one attached hydrogen (secondary N) is 3. The standard InChI is InChI=1S/C28H35BClN5O3S/c1-17(2)39(36,37)25-9-7-6-8-22(25)33-26-21(30)16-32-27(35-26)34-23-14-18(3)20(19-10-12-31-13-11-19)15-24(23)38-28(4,5)29/h6-9,14-17,19,31H,10-13H2,1-5H3,(H2,32,33,34,35).